The first-order chi connectivity index (χ1) is 11.6. The number of hydrogen-bond acceptors (Lipinski definition) is 4. The monoisotopic (exact) mass is 330 g/mol. The molecule has 1 aliphatic rings. The maximum Gasteiger partial charge on any atom is 0.269 e. The molecule has 1 heterocycles. The predicted octanol–water partition coefficient (Wildman–Crippen LogP) is 1.60. The minimum atomic E-state index is -0.523. The van der Waals surface area contributed by atoms with Gasteiger partial charge in [0.05, 0.1) is 6.42 Å². The highest BCUT2D eigenvalue weighted by atomic mass is 19.1. The van der Waals surface area contributed by atoms with Crippen LogP contribution < -0.4 is 20.3 Å². The molecule has 0 saturated carbocycles. The van der Waals surface area contributed by atoms with E-state index in [1.807, 2.05) is 0 Å². The van der Waals surface area contributed by atoms with Crippen molar-refractivity contribution < 1.29 is 23.5 Å². The molecule has 0 bridgehead atoms. The number of benzene rings is 2. The van der Waals surface area contributed by atoms with Crippen LogP contribution in [0.3, 0.4) is 0 Å². The second kappa shape index (κ2) is 6.99. The van der Waals surface area contributed by atoms with Crippen LogP contribution in [0.1, 0.15) is 15.9 Å². The van der Waals surface area contributed by atoms with E-state index in [0.29, 0.717) is 24.7 Å². The quantitative estimate of drug-likeness (QED) is 0.838. The molecule has 6 nitrogen and oxygen atoms in total. The molecule has 0 atom stereocenters. The van der Waals surface area contributed by atoms with Gasteiger partial charge in [-0.1, -0.05) is 6.07 Å². The first kappa shape index (κ1) is 15.8. The van der Waals surface area contributed by atoms with Crippen molar-refractivity contribution in [3.05, 3.63) is 59.4 Å². The Morgan fingerprint density at radius 3 is 2.42 bits per heavy atom. The van der Waals surface area contributed by atoms with Crippen LogP contribution in [0.15, 0.2) is 42.5 Å². The predicted molar refractivity (Wildman–Crippen MR) is 83.1 cm³/mol. The second-order valence-corrected chi connectivity index (χ2v) is 5.16. The van der Waals surface area contributed by atoms with Crippen molar-refractivity contribution in [2.45, 2.75) is 6.42 Å². The fraction of sp³-hybridized carbons (Fsp3) is 0.176. The normalized spacial score (nSPS) is 12.4. The maximum atomic E-state index is 12.8. The number of carbonyl (C=O) groups excluding carboxylic acids is 2. The topological polar surface area (TPSA) is 76.7 Å². The van der Waals surface area contributed by atoms with E-state index in [2.05, 4.69) is 10.9 Å². The minimum absolute atomic E-state index is 0.0698. The summed E-state index contributed by atoms with van der Waals surface area (Å²) in [5.74, 6) is -0.0984. The molecule has 0 aliphatic carbocycles. The average Bonchev–Trinajstić information content (AvgIpc) is 2.60. The summed E-state index contributed by atoms with van der Waals surface area (Å²) in [6.45, 7) is 0.971. The summed E-state index contributed by atoms with van der Waals surface area (Å²) in [4.78, 5) is 23.7. The van der Waals surface area contributed by atoms with Gasteiger partial charge in [-0.2, -0.15) is 0 Å². The highest BCUT2D eigenvalue weighted by molar-refractivity contribution is 5.95. The Hall–Kier alpha value is -3.09. The van der Waals surface area contributed by atoms with Gasteiger partial charge in [-0.3, -0.25) is 20.4 Å². The number of hydrazine groups is 1. The summed E-state index contributed by atoms with van der Waals surface area (Å²) in [6.07, 6.45) is 0.0698. The van der Waals surface area contributed by atoms with Gasteiger partial charge in [0.2, 0.25) is 5.91 Å². The zero-order valence-electron chi connectivity index (χ0n) is 12.7. The molecule has 2 aromatic carbocycles. The van der Waals surface area contributed by atoms with E-state index in [4.69, 9.17) is 9.47 Å². The SMILES string of the molecule is O=C(Cc1ccc2c(c1)OCCO2)NNC(=O)c1ccc(F)cc1. The van der Waals surface area contributed by atoms with Gasteiger partial charge in [-0.25, -0.2) is 4.39 Å². The number of nitrogens with one attached hydrogen (secondary N) is 2. The molecular formula is C17H15FN2O4. The van der Waals surface area contributed by atoms with Gasteiger partial charge in [0.1, 0.15) is 19.0 Å². The first-order valence-corrected chi connectivity index (χ1v) is 7.35. The lowest BCUT2D eigenvalue weighted by Gasteiger charge is -2.18. The van der Waals surface area contributed by atoms with Crippen LogP contribution in [0.25, 0.3) is 0 Å². The number of ether oxygens (including phenoxy) is 2. The molecule has 0 unspecified atom stereocenters. The van der Waals surface area contributed by atoms with Crippen LogP contribution in [-0.4, -0.2) is 25.0 Å². The van der Waals surface area contributed by atoms with E-state index >= 15 is 0 Å². The summed E-state index contributed by atoms with van der Waals surface area (Å²) in [6, 6.07) is 10.2. The number of rotatable bonds is 3. The van der Waals surface area contributed by atoms with Gasteiger partial charge < -0.3 is 9.47 Å². The highest BCUT2D eigenvalue weighted by Gasteiger charge is 2.13. The number of carbonyl (C=O) groups is 2. The van der Waals surface area contributed by atoms with Gasteiger partial charge in [0.25, 0.3) is 5.91 Å². The molecule has 0 spiro atoms. The van der Waals surface area contributed by atoms with Gasteiger partial charge >= 0.3 is 0 Å². The van der Waals surface area contributed by atoms with Gasteiger partial charge in [0, 0.05) is 5.56 Å². The molecule has 24 heavy (non-hydrogen) atoms. The van der Waals surface area contributed by atoms with Crippen molar-refractivity contribution in [3.63, 3.8) is 0 Å². The third-order valence-electron chi connectivity index (χ3n) is 3.39. The first-order valence-electron chi connectivity index (χ1n) is 7.35. The van der Waals surface area contributed by atoms with Crippen LogP contribution in [0, 0.1) is 5.82 Å². The lowest BCUT2D eigenvalue weighted by atomic mass is 10.1. The van der Waals surface area contributed by atoms with E-state index in [0.717, 1.165) is 5.56 Å². The molecule has 124 valence electrons. The highest BCUT2D eigenvalue weighted by Crippen LogP contribution is 2.30. The maximum absolute atomic E-state index is 12.8. The number of hydrogen-bond donors (Lipinski definition) is 2. The standard InChI is InChI=1S/C17H15FN2O4/c18-13-4-2-12(3-5-13)17(22)20-19-16(21)10-11-1-6-14-15(9-11)24-8-7-23-14/h1-6,9H,7-8,10H2,(H,19,21)(H,20,22). The Kier molecular flexibility index (Phi) is 4.60. The summed E-state index contributed by atoms with van der Waals surface area (Å²) in [7, 11) is 0. The zero-order valence-corrected chi connectivity index (χ0v) is 12.7. The Morgan fingerprint density at radius 2 is 1.67 bits per heavy atom. The molecule has 0 fully saturated rings. The number of amides is 2. The fourth-order valence-electron chi connectivity index (χ4n) is 2.23. The minimum Gasteiger partial charge on any atom is -0.486 e. The summed E-state index contributed by atoms with van der Waals surface area (Å²) < 4.78 is 23.7. The molecule has 7 heteroatoms. The molecule has 0 aromatic heterocycles. The van der Waals surface area contributed by atoms with Crippen LogP contribution in [0.5, 0.6) is 11.5 Å². The third kappa shape index (κ3) is 3.81. The van der Waals surface area contributed by atoms with E-state index < -0.39 is 11.7 Å². The Morgan fingerprint density at radius 1 is 0.958 bits per heavy atom. The zero-order chi connectivity index (χ0) is 16.9. The van der Waals surface area contributed by atoms with Gasteiger partial charge in [0.15, 0.2) is 11.5 Å². The van der Waals surface area contributed by atoms with Crippen molar-refractivity contribution in [2.24, 2.45) is 0 Å². The Labute approximate surface area is 137 Å². The lowest BCUT2D eigenvalue weighted by Crippen LogP contribution is -2.42. The van der Waals surface area contributed by atoms with E-state index in [1.165, 1.54) is 24.3 Å². The van der Waals surface area contributed by atoms with Crippen molar-refractivity contribution in [2.75, 3.05) is 13.2 Å². The third-order valence-corrected chi connectivity index (χ3v) is 3.39. The van der Waals surface area contributed by atoms with E-state index in [1.54, 1.807) is 18.2 Å². The molecule has 2 N–H and O–H groups in total. The fourth-order valence-corrected chi connectivity index (χ4v) is 2.23. The molecule has 2 amide bonds. The van der Waals surface area contributed by atoms with Gasteiger partial charge in [-0.15, -0.1) is 0 Å². The second-order valence-electron chi connectivity index (χ2n) is 5.16. The lowest BCUT2D eigenvalue weighted by molar-refractivity contribution is -0.121. The number of halogens is 1. The summed E-state index contributed by atoms with van der Waals surface area (Å²) >= 11 is 0. The van der Waals surface area contributed by atoms with Crippen LogP contribution in [0.2, 0.25) is 0 Å². The Bertz CT molecular complexity index is 762. The average molecular weight is 330 g/mol. The van der Waals surface area contributed by atoms with E-state index in [-0.39, 0.29) is 17.9 Å². The Balaban J connectivity index is 1.54. The smallest absolute Gasteiger partial charge is 0.269 e. The van der Waals surface area contributed by atoms with Gasteiger partial charge in [-0.05, 0) is 42.0 Å². The van der Waals surface area contributed by atoms with Crippen molar-refractivity contribution in [1.29, 1.82) is 0 Å². The van der Waals surface area contributed by atoms with Crippen molar-refractivity contribution in [3.8, 4) is 11.5 Å². The van der Waals surface area contributed by atoms with E-state index in [9.17, 15) is 14.0 Å². The largest absolute Gasteiger partial charge is 0.486 e. The van der Waals surface area contributed by atoms with Crippen molar-refractivity contribution in [1.82, 2.24) is 10.9 Å². The van der Waals surface area contributed by atoms with Crippen LogP contribution >= 0.6 is 0 Å². The van der Waals surface area contributed by atoms with Crippen LogP contribution in [0.4, 0.5) is 4.39 Å². The van der Waals surface area contributed by atoms with Crippen LogP contribution in [-0.2, 0) is 11.2 Å². The molecule has 3 rings (SSSR count). The molecule has 2 aromatic rings. The molecule has 1 aliphatic heterocycles. The van der Waals surface area contributed by atoms with Crippen molar-refractivity contribution >= 4 is 11.8 Å². The summed E-state index contributed by atoms with van der Waals surface area (Å²) in [5, 5.41) is 0. The molecule has 0 radical (unpaired) electrons. The summed E-state index contributed by atoms with van der Waals surface area (Å²) in [5.41, 5.74) is 5.58. The number of fused-ring (bicyclic) bond motifs is 1. The molecular weight excluding hydrogens is 315 g/mol. The molecule has 0 saturated heterocycles.